The Balaban J connectivity index is 1.46. The summed E-state index contributed by atoms with van der Waals surface area (Å²) in [6.07, 6.45) is 5.69. The minimum Gasteiger partial charge on any atom is -0.381 e. The third-order valence-electron chi connectivity index (χ3n) is 6.14. The fourth-order valence-corrected chi connectivity index (χ4v) is 4.57. The minimum atomic E-state index is -1.17. The predicted octanol–water partition coefficient (Wildman–Crippen LogP) is 3.25. The van der Waals surface area contributed by atoms with Crippen molar-refractivity contribution in [1.29, 1.82) is 0 Å². The Kier molecular flexibility index (Phi) is 5.62. The molecule has 2 amide bonds. The van der Waals surface area contributed by atoms with E-state index < -0.39 is 12.1 Å². The van der Waals surface area contributed by atoms with Crippen LogP contribution in [0.25, 0.3) is 10.8 Å². The second kappa shape index (κ2) is 8.31. The minimum absolute atomic E-state index is 0.113. The van der Waals surface area contributed by atoms with Gasteiger partial charge < -0.3 is 15.3 Å². The normalized spacial score (nSPS) is 21.6. The summed E-state index contributed by atoms with van der Waals surface area (Å²) in [7, 11) is 0. The number of carbonyl (C=O) groups is 2. The topological polar surface area (TPSA) is 69.6 Å². The van der Waals surface area contributed by atoms with Crippen LogP contribution >= 0.6 is 0 Å². The number of aliphatic hydroxyl groups excluding tert-OH is 1. The summed E-state index contributed by atoms with van der Waals surface area (Å²) in [5, 5.41) is 15.8. The first-order chi connectivity index (χ1) is 13.6. The van der Waals surface area contributed by atoms with Crippen LogP contribution in [0.2, 0.25) is 0 Å². The zero-order valence-corrected chi connectivity index (χ0v) is 16.1. The smallest absolute Gasteiger partial charge is 0.254 e. The summed E-state index contributed by atoms with van der Waals surface area (Å²) in [6.45, 7) is 0.574. The highest BCUT2D eigenvalue weighted by atomic mass is 16.3. The van der Waals surface area contributed by atoms with Gasteiger partial charge in [-0.2, -0.15) is 0 Å². The summed E-state index contributed by atoms with van der Waals surface area (Å²) >= 11 is 0. The molecule has 0 bridgehead atoms. The molecule has 1 heterocycles. The molecule has 2 atom stereocenters. The van der Waals surface area contributed by atoms with Crippen molar-refractivity contribution in [2.45, 2.75) is 63.1 Å². The van der Waals surface area contributed by atoms with Crippen LogP contribution in [0.1, 0.15) is 55.3 Å². The van der Waals surface area contributed by atoms with E-state index in [4.69, 9.17) is 0 Å². The van der Waals surface area contributed by atoms with E-state index in [-0.39, 0.29) is 17.9 Å². The van der Waals surface area contributed by atoms with Crippen LogP contribution in [0.5, 0.6) is 0 Å². The van der Waals surface area contributed by atoms with Gasteiger partial charge in [0.15, 0.2) is 6.10 Å². The SMILES string of the molecule is O=C(NC1CCCCC1)C(O)C1CCCN1C(=O)c1ccc2ccccc2c1. The number of aliphatic hydroxyl groups is 1. The van der Waals surface area contributed by atoms with Crippen LogP contribution in [0.15, 0.2) is 42.5 Å². The Labute approximate surface area is 165 Å². The number of nitrogens with one attached hydrogen (secondary N) is 1. The lowest BCUT2D eigenvalue weighted by molar-refractivity contribution is -0.132. The average molecular weight is 380 g/mol. The predicted molar refractivity (Wildman–Crippen MR) is 109 cm³/mol. The first-order valence-corrected chi connectivity index (χ1v) is 10.4. The van der Waals surface area contributed by atoms with E-state index in [0.717, 1.165) is 42.9 Å². The van der Waals surface area contributed by atoms with Gasteiger partial charge in [-0.3, -0.25) is 9.59 Å². The van der Waals surface area contributed by atoms with Gasteiger partial charge in [-0.1, -0.05) is 49.6 Å². The van der Waals surface area contributed by atoms with E-state index in [1.165, 1.54) is 6.42 Å². The van der Waals surface area contributed by atoms with Gasteiger partial charge in [0.2, 0.25) is 0 Å². The van der Waals surface area contributed by atoms with Crippen molar-refractivity contribution in [1.82, 2.24) is 10.2 Å². The van der Waals surface area contributed by atoms with Crippen LogP contribution in [0.3, 0.4) is 0 Å². The van der Waals surface area contributed by atoms with E-state index in [2.05, 4.69) is 5.32 Å². The van der Waals surface area contributed by atoms with Gasteiger partial charge in [0.25, 0.3) is 11.8 Å². The fraction of sp³-hybridized carbons (Fsp3) is 0.478. The van der Waals surface area contributed by atoms with E-state index in [1.807, 2.05) is 42.5 Å². The van der Waals surface area contributed by atoms with E-state index in [0.29, 0.717) is 18.5 Å². The summed E-state index contributed by atoms with van der Waals surface area (Å²) in [5.41, 5.74) is 0.602. The number of likely N-dealkylation sites (tertiary alicyclic amines) is 1. The molecule has 1 saturated heterocycles. The molecule has 2 fully saturated rings. The third-order valence-corrected chi connectivity index (χ3v) is 6.14. The molecule has 2 aromatic carbocycles. The molecule has 5 heteroatoms. The van der Waals surface area contributed by atoms with Gasteiger partial charge in [0, 0.05) is 18.2 Å². The highest BCUT2D eigenvalue weighted by Crippen LogP contribution is 2.25. The van der Waals surface area contributed by atoms with Crippen LogP contribution in [-0.2, 0) is 4.79 Å². The number of amides is 2. The Hall–Kier alpha value is -2.40. The van der Waals surface area contributed by atoms with Gasteiger partial charge >= 0.3 is 0 Å². The van der Waals surface area contributed by atoms with E-state index in [9.17, 15) is 14.7 Å². The average Bonchev–Trinajstić information content (AvgIpc) is 3.22. The van der Waals surface area contributed by atoms with Crippen molar-refractivity contribution in [2.75, 3.05) is 6.54 Å². The maximum absolute atomic E-state index is 13.1. The monoisotopic (exact) mass is 380 g/mol. The molecule has 0 aromatic heterocycles. The number of carbonyl (C=O) groups excluding carboxylic acids is 2. The molecule has 2 N–H and O–H groups in total. The van der Waals surface area contributed by atoms with Gasteiger partial charge in [0.1, 0.15) is 0 Å². The van der Waals surface area contributed by atoms with Gasteiger partial charge in [-0.05, 0) is 48.6 Å². The molecule has 0 spiro atoms. The quantitative estimate of drug-likeness (QED) is 0.855. The highest BCUT2D eigenvalue weighted by Gasteiger charge is 2.38. The fourth-order valence-electron chi connectivity index (χ4n) is 4.57. The highest BCUT2D eigenvalue weighted by molar-refractivity contribution is 5.99. The Morgan fingerprint density at radius 3 is 2.50 bits per heavy atom. The summed E-state index contributed by atoms with van der Waals surface area (Å²) in [5.74, 6) is -0.451. The van der Waals surface area contributed by atoms with Crippen molar-refractivity contribution in [3.05, 3.63) is 48.0 Å². The number of hydrogen-bond acceptors (Lipinski definition) is 3. The molecule has 5 nitrogen and oxygen atoms in total. The maximum atomic E-state index is 13.1. The van der Waals surface area contributed by atoms with Gasteiger partial charge in [-0.15, -0.1) is 0 Å². The van der Waals surface area contributed by atoms with E-state index in [1.54, 1.807) is 4.90 Å². The first kappa shape index (κ1) is 18.9. The third kappa shape index (κ3) is 3.90. The Bertz CT molecular complexity index is 860. The molecule has 1 saturated carbocycles. The second-order valence-electron chi connectivity index (χ2n) is 8.06. The van der Waals surface area contributed by atoms with Crippen molar-refractivity contribution in [3.63, 3.8) is 0 Å². The Morgan fingerprint density at radius 1 is 0.964 bits per heavy atom. The van der Waals surface area contributed by atoms with Crippen molar-refractivity contribution in [2.24, 2.45) is 0 Å². The molecule has 148 valence electrons. The van der Waals surface area contributed by atoms with Crippen molar-refractivity contribution < 1.29 is 14.7 Å². The number of benzene rings is 2. The lowest BCUT2D eigenvalue weighted by Gasteiger charge is -2.30. The van der Waals surface area contributed by atoms with Crippen LogP contribution in [0.4, 0.5) is 0 Å². The largest absolute Gasteiger partial charge is 0.381 e. The Morgan fingerprint density at radius 2 is 1.71 bits per heavy atom. The molecule has 1 aliphatic carbocycles. The zero-order chi connectivity index (χ0) is 19.5. The number of rotatable bonds is 4. The zero-order valence-electron chi connectivity index (χ0n) is 16.1. The standard InChI is InChI=1S/C23H28N2O3/c26-21(22(27)24-19-9-2-1-3-10-19)20-11-6-14-25(20)23(28)18-13-12-16-7-4-5-8-17(16)15-18/h4-5,7-8,12-13,15,19-21,26H,1-3,6,9-11,14H2,(H,24,27). The van der Waals surface area contributed by atoms with Crippen molar-refractivity contribution in [3.8, 4) is 0 Å². The molecule has 1 aliphatic heterocycles. The molecule has 2 aliphatic rings. The lowest BCUT2D eigenvalue weighted by atomic mass is 9.95. The molecule has 2 aromatic rings. The summed E-state index contributed by atoms with van der Waals surface area (Å²) in [4.78, 5) is 27.4. The molecule has 28 heavy (non-hydrogen) atoms. The number of fused-ring (bicyclic) bond motifs is 1. The second-order valence-corrected chi connectivity index (χ2v) is 8.06. The molecule has 0 radical (unpaired) electrons. The molecule has 2 unspecified atom stereocenters. The van der Waals surface area contributed by atoms with Crippen LogP contribution in [-0.4, -0.2) is 46.6 Å². The number of hydrogen-bond donors (Lipinski definition) is 2. The van der Waals surface area contributed by atoms with Gasteiger partial charge in [-0.25, -0.2) is 0 Å². The summed E-state index contributed by atoms with van der Waals surface area (Å²) in [6, 6.07) is 13.3. The van der Waals surface area contributed by atoms with Crippen molar-refractivity contribution >= 4 is 22.6 Å². The maximum Gasteiger partial charge on any atom is 0.254 e. The van der Waals surface area contributed by atoms with Crippen LogP contribution < -0.4 is 5.32 Å². The number of nitrogens with zero attached hydrogens (tertiary/aromatic N) is 1. The van der Waals surface area contributed by atoms with Crippen LogP contribution in [0, 0.1) is 0 Å². The van der Waals surface area contributed by atoms with Gasteiger partial charge in [0.05, 0.1) is 6.04 Å². The van der Waals surface area contributed by atoms with E-state index >= 15 is 0 Å². The molecular weight excluding hydrogens is 352 g/mol. The lowest BCUT2D eigenvalue weighted by Crippen LogP contribution is -2.52. The molecular formula is C23H28N2O3. The molecule has 4 rings (SSSR count). The first-order valence-electron chi connectivity index (χ1n) is 10.4. The summed E-state index contributed by atoms with van der Waals surface area (Å²) < 4.78 is 0.